The largest absolute Gasteiger partial charge is 2.00 e. The molecule has 0 saturated carbocycles. The fourth-order valence-electron chi connectivity index (χ4n) is 0.690. The Labute approximate surface area is 89.8 Å². The summed E-state index contributed by atoms with van der Waals surface area (Å²) in [7, 11) is -4.46. The van der Waals surface area contributed by atoms with E-state index in [0.29, 0.717) is 6.42 Å². The van der Waals surface area contributed by atoms with E-state index < -0.39 is 10.4 Å². The zero-order valence-electron chi connectivity index (χ0n) is 7.28. The minimum absolute atomic E-state index is 0. The van der Waals surface area contributed by atoms with Gasteiger partial charge in [0.05, 0.1) is 6.61 Å². The van der Waals surface area contributed by atoms with Crippen LogP contribution in [0.5, 0.6) is 0 Å². The predicted molar refractivity (Wildman–Crippen MR) is 45.5 cm³/mol. The molecule has 0 N–H and O–H groups in total. The standard InChI is InChI=1S/C6H14O4S.Mg/c1-2-3-4-5-6-10-11(7,8)9;/h2-6H2,1H3,(H,7,8,9);/q;+2/p-1. The Morgan fingerprint density at radius 2 is 1.83 bits per heavy atom. The van der Waals surface area contributed by atoms with E-state index in [1.807, 2.05) is 6.92 Å². The molecule has 0 aromatic heterocycles. The van der Waals surface area contributed by atoms with Crippen LogP contribution < -0.4 is 0 Å². The van der Waals surface area contributed by atoms with Crippen molar-refractivity contribution in [3.8, 4) is 0 Å². The molecule has 0 atom stereocenters. The first kappa shape index (κ1) is 15.1. The zero-order chi connectivity index (χ0) is 8.74. The Morgan fingerprint density at radius 3 is 2.25 bits per heavy atom. The van der Waals surface area contributed by atoms with E-state index in [-0.39, 0.29) is 29.7 Å². The number of hydrogen-bond donors (Lipinski definition) is 0. The summed E-state index contributed by atoms with van der Waals surface area (Å²) in [5, 5.41) is 0. The molecule has 4 nitrogen and oxygen atoms in total. The van der Waals surface area contributed by atoms with Crippen molar-refractivity contribution in [2.45, 2.75) is 32.6 Å². The summed E-state index contributed by atoms with van der Waals surface area (Å²) in [4.78, 5) is 0. The van der Waals surface area contributed by atoms with Crippen molar-refractivity contribution in [3.05, 3.63) is 0 Å². The smallest absolute Gasteiger partial charge is 0.726 e. The molecule has 0 fully saturated rings. The summed E-state index contributed by atoms with van der Waals surface area (Å²) in [6, 6.07) is 0. The number of rotatable bonds is 6. The Morgan fingerprint density at radius 1 is 1.25 bits per heavy atom. The summed E-state index contributed by atoms with van der Waals surface area (Å²) in [5.41, 5.74) is 0. The molecule has 0 rings (SSSR count). The second-order valence-corrected chi connectivity index (χ2v) is 3.34. The first-order chi connectivity index (χ1) is 5.06. The van der Waals surface area contributed by atoms with Crippen molar-refractivity contribution in [1.82, 2.24) is 0 Å². The third-order valence-electron chi connectivity index (χ3n) is 1.23. The molecule has 0 aromatic carbocycles. The van der Waals surface area contributed by atoms with Gasteiger partial charge in [0.1, 0.15) is 0 Å². The van der Waals surface area contributed by atoms with E-state index in [2.05, 4.69) is 4.18 Å². The molecule has 0 heterocycles. The summed E-state index contributed by atoms with van der Waals surface area (Å²) in [6.07, 6.45) is 3.66. The topological polar surface area (TPSA) is 66.4 Å². The van der Waals surface area contributed by atoms with Gasteiger partial charge in [-0.25, -0.2) is 8.42 Å². The Hall–Kier alpha value is 0.636. The van der Waals surface area contributed by atoms with Gasteiger partial charge in [-0.2, -0.15) is 0 Å². The fraction of sp³-hybridized carbons (Fsp3) is 1.00. The maximum atomic E-state index is 9.89. The van der Waals surface area contributed by atoms with Gasteiger partial charge >= 0.3 is 23.1 Å². The molecule has 0 aromatic rings. The molecule has 6 heteroatoms. The molecule has 0 unspecified atom stereocenters. The van der Waals surface area contributed by atoms with Crippen LogP contribution in [0.4, 0.5) is 0 Å². The minimum atomic E-state index is -4.46. The molecular weight excluding hydrogens is 192 g/mol. The van der Waals surface area contributed by atoms with Crippen LogP contribution in [0, 0.1) is 0 Å². The summed E-state index contributed by atoms with van der Waals surface area (Å²) in [5.74, 6) is 0. The Bertz CT molecular complexity index is 178. The van der Waals surface area contributed by atoms with E-state index >= 15 is 0 Å². The van der Waals surface area contributed by atoms with Gasteiger partial charge in [0.2, 0.25) is 10.4 Å². The third-order valence-corrected chi connectivity index (χ3v) is 1.68. The second-order valence-electron chi connectivity index (χ2n) is 2.29. The predicted octanol–water partition coefficient (Wildman–Crippen LogP) is 0.663. The molecule has 0 amide bonds. The Balaban J connectivity index is 0. The molecule has 0 aliphatic rings. The third kappa shape index (κ3) is 13.2. The zero-order valence-corrected chi connectivity index (χ0v) is 9.51. The van der Waals surface area contributed by atoms with E-state index in [0.717, 1.165) is 19.3 Å². The van der Waals surface area contributed by atoms with Gasteiger partial charge in [-0.3, -0.25) is 4.18 Å². The van der Waals surface area contributed by atoms with Gasteiger partial charge < -0.3 is 4.55 Å². The van der Waals surface area contributed by atoms with Crippen LogP contribution in [-0.2, 0) is 14.6 Å². The van der Waals surface area contributed by atoms with Crippen LogP contribution >= 0.6 is 0 Å². The van der Waals surface area contributed by atoms with Crippen molar-refractivity contribution < 1.29 is 17.2 Å². The molecule has 0 saturated heterocycles. The quantitative estimate of drug-likeness (QED) is 0.277. The van der Waals surface area contributed by atoms with Crippen LogP contribution in [-0.4, -0.2) is 42.6 Å². The van der Waals surface area contributed by atoms with Gasteiger partial charge in [-0.05, 0) is 6.42 Å². The summed E-state index contributed by atoms with van der Waals surface area (Å²) >= 11 is 0. The van der Waals surface area contributed by atoms with Crippen molar-refractivity contribution in [1.29, 1.82) is 0 Å². The van der Waals surface area contributed by atoms with Gasteiger partial charge in [-0.15, -0.1) is 0 Å². The molecule has 0 aliphatic carbocycles. The van der Waals surface area contributed by atoms with Gasteiger partial charge in [0.25, 0.3) is 0 Å². The van der Waals surface area contributed by atoms with Crippen LogP contribution in [0.25, 0.3) is 0 Å². The molecule has 12 heavy (non-hydrogen) atoms. The monoisotopic (exact) mass is 205 g/mol. The van der Waals surface area contributed by atoms with E-state index in [1.54, 1.807) is 0 Å². The Kier molecular flexibility index (Phi) is 10.4. The summed E-state index contributed by atoms with van der Waals surface area (Å²) in [6.45, 7) is 2.07. The van der Waals surface area contributed by atoms with Crippen molar-refractivity contribution in [2.75, 3.05) is 6.61 Å². The van der Waals surface area contributed by atoms with Gasteiger partial charge in [0, 0.05) is 0 Å². The van der Waals surface area contributed by atoms with E-state index in [1.165, 1.54) is 0 Å². The first-order valence-corrected chi connectivity index (χ1v) is 5.00. The van der Waals surface area contributed by atoms with Crippen LogP contribution in [0.1, 0.15) is 32.6 Å². The molecular formula is C6H13MgO4S+. The van der Waals surface area contributed by atoms with Gasteiger partial charge in [-0.1, -0.05) is 26.2 Å². The average Bonchev–Trinajstić information content (AvgIpc) is 1.85. The minimum Gasteiger partial charge on any atom is -0.726 e. The molecule has 0 spiro atoms. The molecule has 0 aliphatic heterocycles. The van der Waals surface area contributed by atoms with Crippen molar-refractivity contribution in [2.24, 2.45) is 0 Å². The van der Waals surface area contributed by atoms with Crippen LogP contribution in [0.2, 0.25) is 0 Å². The maximum Gasteiger partial charge on any atom is 2.00 e. The number of unbranched alkanes of at least 4 members (excludes halogenated alkanes) is 3. The maximum absolute atomic E-state index is 9.89. The van der Waals surface area contributed by atoms with Crippen molar-refractivity contribution in [3.63, 3.8) is 0 Å². The van der Waals surface area contributed by atoms with Crippen LogP contribution in [0.3, 0.4) is 0 Å². The van der Waals surface area contributed by atoms with E-state index in [4.69, 9.17) is 0 Å². The SMILES string of the molecule is CCCCCCOS(=O)(=O)[O-].[Mg+2]. The number of hydrogen-bond acceptors (Lipinski definition) is 4. The second kappa shape index (κ2) is 8.24. The molecule has 0 bridgehead atoms. The first-order valence-electron chi connectivity index (χ1n) is 3.66. The van der Waals surface area contributed by atoms with E-state index in [9.17, 15) is 13.0 Å². The van der Waals surface area contributed by atoms with Gasteiger partial charge in [0.15, 0.2) is 0 Å². The average molecular weight is 206 g/mol. The fourth-order valence-corrected chi connectivity index (χ4v) is 1.01. The van der Waals surface area contributed by atoms with Crippen molar-refractivity contribution >= 4 is 33.5 Å². The molecule has 0 radical (unpaired) electrons. The normalized spacial score (nSPS) is 10.8. The summed E-state index contributed by atoms with van der Waals surface area (Å²) < 4.78 is 33.7. The molecule has 68 valence electrons. The van der Waals surface area contributed by atoms with Crippen LogP contribution in [0.15, 0.2) is 0 Å².